The number of nitrogens with zero attached hydrogens (tertiary/aromatic N) is 4. The Bertz CT molecular complexity index is 1300. The zero-order valence-electron chi connectivity index (χ0n) is 20.0. The highest BCUT2D eigenvalue weighted by Crippen LogP contribution is 2.39. The van der Waals surface area contributed by atoms with Crippen molar-refractivity contribution in [3.05, 3.63) is 60.2 Å². The average Bonchev–Trinajstić information content (AvgIpc) is 3.38. The first-order chi connectivity index (χ1) is 16.4. The van der Waals surface area contributed by atoms with Crippen LogP contribution in [0.4, 0.5) is 5.82 Å². The highest BCUT2D eigenvalue weighted by molar-refractivity contribution is 5.81. The summed E-state index contributed by atoms with van der Waals surface area (Å²) < 4.78 is 2.02. The maximum Gasteiger partial charge on any atom is 0.143 e. The summed E-state index contributed by atoms with van der Waals surface area (Å²) in [7, 11) is 0. The van der Waals surface area contributed by atoms with E-state index in [9.17, 15) is 10.2 Å². The predicted molar refractivity (Wildman–Crippen MR) is 135 cm³/mol. The first kappa shape index (κ1) is 22.7. The smallest absolute Gasteiger partial charge is 0.143 e. The lowest BCUT2D eigenvalue weighted by molar-refractivity contribution is 0.00545. The van der Waals surface area contributed by atoms with Crippen LogP contribution in [0.3, 0.4) is 0 Å². The number of pyridine rings is 1. The van der Waals surface area contributed by atoms with Gasteiger partial charge in [-0.2, -0.15) is 0 Å². The Balaban J connectivity index is 1.31. The molecule has 7 heteroatoms. The summed E-state index contributed by atoms with van der Waals surface area (Å²) in [6.45, 7) is 6.28. The standard InChI is InChI=1S/C27H33N5O2/c1-4-21-20-11-12-32(27(20)29-15-28-21)23-14-19(25(33)26(23)34)8-6-17-5-7-18-9-10-24(30-16(2)3)31-22(18)13-17/h5,7,9-13,15-16,19,23,25-26,33-34H,4,6,8,14H2,1-3H3,(H,30,31)/t19-,23+,25+,26-/m0/s1. The molecule has 178 valence electrons. The largest absolute Gasteiger partial charge is 0.390 e. The van der Waals surface area contributed by atoms with Crippen LogP contribution < -0.4 is 5.32 Å². The van der Waals surface area contributed by atoms with Gasteiger partial charge in [0.25, 0.3) is 0 Å². The van der Waals surface area contributed by atoms with Crippen LogP contribution in [0.15, 0.2) is 48.9 Å². The molecule has 3 N–H and O–H groups in total. The van der Waals surface area contributed by atoms with Gasteiger partial charge in [-0.25, -0.2) is 15.0 Å². The van der Waals surface area contributed by atoms with Crippen LogP contribution in [0, 0.1) is 5.92 Å². The van der Waals surface area contributed by atoms with Crippen molar-refractivity contribution in [1.29, 1.82) is 0 Å². The van der Waals surface area contributed by atoms with Crippen molar-refractivity contribution in [2.75, 3.05) is 5.32 Å². The second-order valence-corrected chi connectivity index (χ2v) is 9.74. The minimum Gasteiger partial charge on any atom is -0.390 e. The predicted octanol–water partition coefficient (Wildman–Crippen LogP) is 4.28. The molecule has 1 aliphatic carbocycles. The zero-order chi connectivity index (χ0) is 23.8. The van der Waals surface area contributed by atoms with E-state index in [1.165, 1.54) is 5.56 Å². The highest BCUT2D eigenvalue weighted by Gasteiger charge is 2.42. The Labute approximate surface area is 199 Å². The minimum atomic E-state index is -0.816. The van der Waals surface area contributed by atoms with Crippen molar-refractivity contribution >= 4 is 27.8 Å². The van der Waals surface area contributed by atoms with E-state index in [0.29, 0.717) is 12.5 Å². The van der Waals surface area contributed by atoms with E-state index >= 15 is 0 Å². The number of aromatic nitrogens is 4. The SMILES string of the molecule is CCc1ncnc2c1ccn2[C@@H]1C[C@H](CCc2ccc3ccc(NC(C)C)nc3c2)[C@@H](O)[C@H]1O. The van der Waals surface area contributed by atoms with Crippen LogP contribution in [-0.2, 0) is 12.8 Å². The third-order valence-electron chi connectivity index (χ3n) is 7.05. The highest BCUT2D eigenvalue weighted by atomic mass is 16.3. The van der Waals surface area contributed by atoms with Gasteiger partial charge in [0, 0.05) is 23.0 Å². The molecule has 1 fully saturated rings. The second kappa shape index (κ2) is 9.31. The minimum absolute atomic E-state index is 0.0162. The number of aryl methyl sites for hydroxylation is 2. The van der Waals surface area contributed by atoms with Gasteiger partial charge in [-0.05, 0) is 75.3 Å². The zero-order valence-corrected chi connectivity index (χ0v) is 20.0. The van der Waals surface area contributed by atoms with Gasteiger partial charge < -0.3 is 20.1 Å². The van der Waals surface area contributed by atoms with Crippen molar-refractivity contribution in [2.45, 2.75) is 70.7 Å². The van der Waals surface area contributed by atoms with Crippen molar-refractivity contribution in [2.24, 2.45) is 5.92 Å². The lowest BCUT2D eigenvalue weighted by Crippen LogP contribution is -2.29. The fourth-order valence-electron chi connectivity index (χ4n) is 5.28. The van der Waals surface area contributed by atoms with Crippen LogP contribution >= 0.6 is 0 Å². The molecule has 3 aromatic heterocycles. The summed E-state index contributed by atoms with van der Waals surface area (Å²) in [5.74, 6) is 0.897. The number of hydrogen-bond donors (Lipinski definition) is 3. The summed E-state index contributed by atoms with van der Waals surface area (Å²) in [5.41, 5.74) is 4.00. The monoisotopic (exact) mass is 459 g/mol. The number of nitrogens with one attached hydrogen (secondary N) is 1. The number of anilines is 1. The number of aliphatic hydroxyl groups is 2. The van der Waals surface area contributed by atoms with E-state index in [1.54, 1.807) is 6.33 Å². The van der Waals surface area contributed by atoms with Gasteiger partial charge in [0.15, 0.2) is 0 Å². The summed E-state index contributed by atoms with van der Waals surface area (Å²) in [6.07, 6.45) is 5.16. The number of hydrogen-bond acceptors (Lipinski definition) is 6. The molecule has 1 aromatic carbocycles. The Morgan fingerprint density at radius 1 is 1.09 bits per heavy atom. The molecule has 0 spiro atoms. The van der Waals surface area contributed by atoms with Crippen LogP contribution in [0.25, 0.3) is 21.9 Å². The molecule has 5 rings (SSSR count). The molecule has 34 heavy (non-hydrogen) atoms. The lowest BCUT2D eigenvalue weighted by atomic mass is 9.95. The van der Waals surface area contributed by atoms with Crippen molar-refractivity contribution in [3.8, 4) is 0 Å². The van der Waals surface area contributed by atoms with Gasteiger partial charge in [-0.15, -0.1) is 0 Å². The van der Waals surface area contributed by atoms with E-state index in [0.717, 1.165) is 52.7 Å². The molecular weight excluding hydrogens is 426 g/mol. The topological polar surface area (TPSA) is 96.1 Å². The van der Waals surface area contributed by atoms with E-state index in [2.05, 4.69) is 60.3 Å². The maximum atomic E-state index is 10.9. The Kier molecular flexibility index (Phi) is 6.23. The van der Waals surface area contributed by atoms with Crippen molar-refractivity contribution in [1.82, 2.24) is 19.5 Å². The molecule has 0 amide bonds. The molecule has 0 unspecified atom stereocenters. The maximum absolute atomic E-state index is 10.9. The average molecular weight is 460 g/mol. The Hall–Kier alpha value is -3.03. The molecule has 1 saturated carbocycles. The fourth-order valence-corrected chi connectivity index (χ4v) is 5.28. The van der Waals surface area contributed by atoms with Crippen LogP contribution in [0.2, 0.25) is 0 Å². The van der Waals surface area contributed by atoms with Crippen LogP contribution in [0.1, 0.15) is 50.9 Å². The number of fused-ring (bicyclic) bond motifs is 2. The van der Waals surface area contributed by atoms with Gasteiger partial charge in [0.2, 0.25) is 0 Å². The van der Waals surface area contributed by atoms with E-state index < -0.39 is 12.2 Å². The molecule has 3 heterocycles. The Morgan fingerprint density at radius 3 is 2.71 bits per heavy atom. The lowest BCUT2D eigenvalue weighted by Gasteiger charge is -2.19. The first-order valence-electron chi connectivity index (χ1n) is 12.3. The third-order valence-corrected chi connectivity index (χ3v) is 7.05. The molecule has 0 saturated heterocycles. The third kappa shape index (κ3) is 4.26. The molecule has 4 aromatic rings. The van der Waals surface area contributed by atoms with Crippen molar-refractivity contribution < 1.29 is 10.2 Å². The molecule has 4 atom stereocenters. The van der Waals surface area contributed by atoms with Crippen molar-refractivity contribution in [3.63, 3.8) is 0 Å². The van der Waals surface area contributed by atoms with Gasteiger partial charge in [-0.3, -0.25) is 0 Å². The second-order valence-electron chi connectivity index (χ2n) is 9.74. The van der Waals surface area contributed by atoms with Gasteiger partial charge in [0.05, 0.1) is 23.4 Å². The number of benzene rings is 1. The molecular formula is C27H33N5O2. The summed E-state index contributed by atoms with van der Waals surface area (Å²) >= 11 is 0. The summed E-state index contributed by atoms with van der Waals surface area (Å²) in [6, 6.07) is 12.6. The number of rotatable bonds is 7. The normalized spacial score (nSPS) is 22.8. The summed E-state index contributed by atoms with van der Waals surface area (Å²) in [5, 5.41) is 27.2. The van der Waals surface area contributed by atoms with Crippen LogP contribution in [-0.4, -0.2) is 48.0 Å². The molecule has 0 radical (unpaired) electrons. The molecule has 0 bridgehead atoms. The quantitative estimate of drug-likeness (QED) is 0.382. The molecule has 7 nitrogen and oxygen atoms in total. The van der Waals surface area contributed by atoms with Crippen LogP contribution in [0.5, 0.6) is 0 Å². The molecule has 1 aliphatic rings. The van der Waals surface area contributed by atoms with E-state index in [-0.39, 0.29) is 12.0 Å². The Morgan fingerprint density at radius 2 is 1.91 bits per heavy atom. The van der Waals surface area contributed by atoms with E-state index in [4.69, 9.17) is 4.98 Å². The van der Waals surface area contributed by atoms with Gasteiger partial charge >= 0.3 is 0 Å². The fraction of sp³-hybridized carbons (Fsp3) is 0.444. The molecule has 0 aliphatic heterocycles. The van der Waals surface area contributed by atoms with Gasteiger partial charge in [0.1, 0.15) is 23.9 Å². The summed E-state index contributed by atoms with van der Waals surface area (Å²) in [4.78, 5) is 13.6. The van der Waals surface area contributed by atoms with E-state index in [1.807, 2.05) is 22.9 Å². The van der Waals surface area contributed by atoms with Gasteiger partial charge in [-0.1, -0.05) is 19.1 Å². The number of aliphatic hydroxyl groups excluding tert-OH is 2. The first-order valence-corrected chi connectivity index (χ1v) is 12.3.